The molecule has 1 amide bonds. The number of ether oxygens (including phenoxy) is 1. The van der Waals surface area contributed by atoms with Gasteiger partial charge in [0.25, 0.3) is 11.5 Å². The number of aromatic nitrogens is 2. The Hall–Kier alpha value is -2.35. The van der Waals surface area contributed by atoms with E-state index in [9.17, 15) is 14.4 Å². The Kier molecular flexibility index (Phi) is 4.04. The van der Waals surface area contributed by atoms with Crippen LogP contribution in [-0.2, 0) is 0 Å². The van der Waals surface area contributed by atoms with E-state index in [1.165, 1.54) is 7.11 Å². The molecule has 0 fully saturated rings. The Bertz CT molecular complexity index is 766. The Morgan fingerprint density at radius 2 is 2.10 bits per heavy atom. The molecule has 0 bridgehead atoms. The van der Waals surface area contributed by atoms with Crippen LogP contribution in [0.3, 0.4) is 0 Å². The summed E-state index contributed by atoms with van der Waals surface area (Å²) in [6.45, 7) is 0. The number of H-pyrrole nitrogens is 2. The standard InChI is InChI=1S/C12H10BrN3O4/c1-20-6-2-3-8(13)9(4-6)15-10(17)7-5-14-12(19)16-11(7)18/h2-5H,1H3,(H,15,17)(H2,14,16,18,19). The van der Waals surface area contributed by atoms with Crippen LogP contribution in [0.4, 0.5) is 5.69 Å². The maximum atomic E-state index is 12.0. The molecule has 1 aromatic heterocycles. The van der Waals surface area contributed by atoms with E-state index in [2.05, 4.69) is 26.2 Å². The summed E-state index contributed by atoms with van der Waals surface area (Å²) in [6, 6.07) is 5.01. The lowest BCUT2D eigenvalue weighted by molar-refractivity contribution is 0.102. The van der Waals surface area contributed by atoms with Crippen LogP contribution >= 0.6 is 15.9 Å². The number of rotatable bonds is 3. The van der Waals surface area contributed by atoms with Crippen molar-refractivity contribution in [3.05, 3.63) is 55.3 Å². The number of hydrogen-bond acceptors (Lipinski definition) is 4. The lowest BCUT2D eigenvalue weighted by Crippen LogP contribution is -2.29. The number of carbonyl (C=O) groups is 1. The van der Waals surface area contributed by atoms with Gasteiger partial charge in [-0.15, -0.1) is 0 Å². The molecular formula is C12H10BrN3O4. The summed E-state index contributed by atoms with van der Waals surface area (Å²) in [5.41, 5.74) is -1.18. The van der Waals surface area contributed by atoms with E-state index >= 15 is 0 Å². The van der Waals surface area contributed by atoms with E-state index in [4.69, 9.17) is 4.74 Å². The van der Waals surface area contributed by atoms with Gasteiger partial charge >= 0.3 is 5.69 Å². The third kappa shape index (κ3) is 2.97. The van der Waals surface area contributed by atoms with Crippen LogP contribution in [0.2, 0.25) is 0 Å². The molecule has 0 saturated heterocycles. The zero-order valence-corrected chi connectivity index (χ0v) is 11.9. The minimum atomic E-state index is -0.759. The Labute approximate surface area is 121 Å². The maximum absolute atomic E-state index is 12.0. The number of aromatic amines is 2. The van der Waals surface area contributed by atoms with E-state index < -0.39 is 17.2 Å². The highest BCUT2D eigenvalue weighted by atomic mass is 79.9. The predicted octanol–water partition coefficient (Wildman–Crippen LogP) is 1.09. The van der Waals surface area contributed by atoms with Crippen LogP contribution in [0.5, 0.6) is 5.75 Å². The summed E-state index contributed by atoms with van der Waals surface area (Å²) in [6.07, 6.45) is 1.06. The molecule has 1 aromatic carbocycles. The minimum absolute atomic E-state index is 0.195. The summed E-state index contributed by atoms with van der Waals surface area (Å²) >= 11 is 3.28. The van der Waals surface area contributed by atoms with E-state index in [0.29, 0.717) is 15.9 Å². The first-order valence-corrected chi connectivity index (χ1v) is 6.27. The lowest BCUT2D eigenvalue weighted by atomic mass is 10.2. The molecule has 2 rings (SSSR count). The van der Waals surface area contributed by atoms with Gasteiger partial charge in [-0.05, 0) is 28.1 Å². The van der Waals surface area contributed by atoms with Gasteiger partial charge in [0.1, 0.15) is 11.3 Å². The SMILES string of the molecule is COc1ccc(Br)c(NC(=O)c2c[nH]c(=O)[nH]c2=O)c1. The molecule has 8 heteroatoms. The fourth-order valence-corrected chi connectivity index (χ4v) is 1.84. The first kappa shape index (κ1) is 14.1. The number of halogens is 1. The molecule has 104 valence electrons. The highest BCUT2D eigenvalue weighted by molar-refractivity contribution is 9.10. The Morgan fingerprint density at radius 1 is 1.35 bits per heavy atom. The number of carbonyl (C=O) groups excluding carboxylic acids is 1. The quantitative estimate of drug-likeness (QED) is 0.778. The molecule has 0 spiro atoms. The molecule has 1 heterocycles. The topological polar surface area (TPSA) is 104 Å². The van der Waals surface area contributed by atoms with Gasteiger partial charge in [0, 0.05) is 16.7 Å². The maximum Gasteiger partial charge on any atom is 0.325 e. The van der Waals surface area contributed by atoms with Crippen LogP contribution in [0.1, 0.15) is 10.4 Å². The Balaban J connectivity index is 2.32. The van der Waals surface area contributed by atoms with Crippen molar-refractivity contribution in [3.63, 3.8) is 0 Å². The summed E-state index contributed by atoms with van der Waals surface area (Å²) in [4.78, 5) is 38.6. The van der Waals surface area contributed by atoms with Crippen molar-refractivity contribution in [1.82, 2.24) is 9.97 Å². The van der Waals surface area contributed by atoms with Crippen molar-refractivity contribution in [2.45, 2.75) is 0 Å². The second-order valence-electron chi connectivity index (χ2n) is 3.79. The summed E-state index contributed by atoms with van der Waals surface area (Å²) < 4.78 is 5.68. The summed E-state index contributed by atoms with van der Waals surface area (Å²) in [5, 5.41) is 2.55. The van der Waals surface area contributed by atoms with Crippen molar-refractivity contribution in [3.8, 4) is 5.75 Å². The largest absolute Gasteiger partial charge is 0.497 e. The molecule has 0 unspecified atom stereocenters. The van der Waals surface area contributed by atoms with E-state index in [0.717, 1.165) is 6.20 Å². The van der Waals surface area contributed by atoms with Gasteiger partial charge in [-0.25, -0.2) is 4.79 Å². The van der Waals surface area contributed by atoms with Gasteiger partial charge in [0.05, 0.1) is 12.8 Å². The summed E-state index contributed by atoms with van der Waals surface area (Å²) in [7, 11) is 1.50. The number of hydrogen-bond donors (Lipinski definition) is 3. The molecule has 3 N–H and O–H groups in total. The van der Waals surface area contributed by atoms with Crippen LogP contribution in [-0.4, -0.2) is 23.0 Å². The van der Waals surface area contributed by atoms with Crippen molar-refractivity contribution in [2.24, 2.45) is 0 Å². The molecule has 0 aliphatic carbocycles. The third-order valence-corrected chi connectivity index (χ3v) is 3.18. The first-order valence-electron chi connectivity index (χ1n) is 5.48. The van der Waals surface area contributed by atoms with Crippen molar-refractivity contribution in [2.75, 3.05) is 12.4 Å². The zero-order chi connectivity index (χ0) is 14.7. The molecule has 7 nitrogen and oxygen atoms in total. The molecule has 0 saturated carbocycles. The van der Waals surface area contributed by atoms with Gasteiger partial charge in [0.2, 0.25) is 0 Å². The van der Waals surface area contributed by atoms with E-state index in [1.54, 1.807) is 18.2 Å². The van der Waals surface area contributed by atoms with Gasteiger partial charge in [-0.1, -0.05) is 0 Å². The first-order chi connectivity index (χ1) is 9.51. The number of nitrogens with one attached hydrogen (secondary N) is 3. The fourth-order valence-electron chi connectivity index (χ4n) is 1.50. The molecular weight excluding hydrogens is 330 g/mol. The average molecular weight is 340 g/mol. The summed E-state index contributed by atoms with van der Waals surface area (Å²) in [5.74, 6) is -0.0877. The predicted molar refractivity (Wildman–Crippen MR) is 76.3 cm³/mol. The number of amides is 1. The highest BCUT2D eigenvalue weighted by Crippen LogP contribution is 2.27. The molecule has 0 radical (unpaired) electrons. The molecule has 20 heavy (non-hydrogen) atoms. The fraction of sp³-hybridized carbons (Fsp3) is 0.0833. The zero-order valence-electron chi connectivity index (χ0n) is 10.3. The Morgan fingerprint density at radius 3 is 2.75 bits per heavy atom. The van der Waals surface area contributed by atoms with Crippen LogP contribution in [0.25, 0.3) is 0 Å². The smallest absolute Gasteiger partial charge is 0.325 e. The molecule has 0 aliphatic rings. The highest BCUT2D eigenvalue weighted by Gasteiger charge is 2.13. The number of anilines is 1. The van der Waals surface area contributed by atoms with Gasteiger partial charge in [-0.3, -0.25) is 14.6 Å². The monoisotopic (exact) mass is 339 g/mol. The van der Waals surface area contributed by atoms with E-state index in [-0.39, 0.29) is 5.56 Å². The van der Waals surface area contributed by atoms with Crippen LogP contribution in [0.15, 0.2) is 38.5 Å². The van der Waals surface area contributed by atoms with Crippen molar-refractivity contribution < 1.29 is 9.53 Å². The van der Waals surface area contributed by atoms with Crippen LogP contribution in [0, 0.1) is 0 Å². The minimum Gasteiger partial charge on any atom is -0.497 e. The van der Waals surface area contributed by atoms with Crippen LogP contribution < -0.4 is 21.3 Å². The number of benzene rings is 1. The average Bonchev–Trinajstić information content (AvgIpc) is 2.41. The second-order valence-corrected chi connectivity index (χ2v) is 4.64. The lowest BCUT2D eigenvalue weighted by Gasteiger charge is -2.08. The molecule has 0 atom stereocenters. The van der Waals surface area contributed by atoms with Crippen molar-refractivity contribution >= 4 is 27.5 Å². The molecule has 0 aliphatic heterocycles. The van der Waals surface area contributed by atoms with Gasteiger partial charge < -0.3 is 15.0 Å². The second kappa shape index (κ2) is 5.74. The number of methoxy groups -OCH3 is 1. The van der Waals surface area contributed by atoms with Gasteiger partial charge in [0.15, 0.2) is 0 Å². The van der Waals surface area contributed by atoms with Gasteiger partial charge in [-0.2, -0.15) is 0 Å². The van der Waals surface area contributed by atoms with E-state index in [1.807, 2.05) is 4.98 Å². The third-order valence-electron chi connectivity index (χ3n) is 2.49. The van der Waals surface area contributed by atoms with Crippen molar-refractivity contribution in [1.29, 1.82) is 0 Å². The normalized spacial score (nSPS) is 10.1. The molecule has 2 aromatic rings.